The number of carbonyl (C=O) groups is 1. The molecule has 1 unspecified atom stereocenters. The molecule has 0 saturated carbocycles. The summed E-state index contributed by atoms with van der Waals surface area (Å²) in [5.74, 6) is 0.0255. The third-order valence-corrected chi connectivity index (χ3v) is 2.13. The normalized spacial score (nSPS) is 21.2. The van der Waals surface area contributed by atoms with Crippen LogP contribution < -0.4 is 5.73 Å². The molecule has 1 aliphatic rings. The molecule has 1 aromatic heterocycles. The highest BCUT2D eigenvalue weighted by atomic mass is 16.1. The lowest BCUT2D eigenvalue weighted by Crippen LogP contribution is -2.26. The Hall–Kier alpha value is -1.22. The van der Waals surface area contributed by atoms with Crippen LogP contribution in [0.1, 0.15) is 21.7 Å². The van der Waals surface area contributed by atoms with Crippen LogP contribution >= 0.6 is 0 Å². The van der Waals surface area contributed by atoms with E-state index in [9.17, 15) is 4.79 Å². The van der Waals surface area contributed by atoms with Gasteiger partial charge in [-0.2, -0.15) is 0 Å². The lowest BCUT2D eigenvalue weighted by Gasteiger charge is -1.96. The summed E-state index contributed by atoms with van der Waals surface area (Å²) in [6.45, 7) is 1.91. The third-order valence-electron chi connectivity index (χ3n) is 2.13. The lowest BCUT2D eigenvalue weighted by atomic mass is 10.2. The van der Waals surface area contributed by atoms with Gasteiger partial charge in [-0.15, -0.1) is 0 Å². The van der Waals surface area contributed by atoms with Gasteiger partial charge in [-0.25, -0.2) is 0 Å². The van der Waals surface area contributed by atoms with Gasteiger partial charge in [-0.1, -0.05) is 0 Å². The number of pyridine rings is 1. The minimum Gasteiger partial charge on any atom is -0.321 e. The van der Waals surface area contributed by atoms with Gasteiger partial charge >= 0.3 is 0 Å². The Kier molecular flexibility index (Phi) is 1.48. The average Bonchev–Trinajstić information content (AvgIpc) is 2.28. The number of hydrogen-bond donors (Lipinski definition) is 1. The Bertz CT molecular complexity index is 346. The van der Waals surface area contributed by atoms with Gasteiger partial charge in [0.15, 0.2) is 5.78 Å². The van der Waals surface area contributed by atoms with Crippen molar-refractivity contribution in [2.24, 2.45) is 5.73 Å². The van der Waals surface area contributed by atoms with E-state index in [2.05, 4.69) is 4.98 Å². The van der Waals surface area contributed by atoms with Crippen molar-refractivity contribution in [1.29, 1.82) is 0 Å². The summed E-state index contributed by atoms with van der Waals surface area (Å²) < 4.78 is 0. The number of carbonyl (C=O) groups excluding carboxylic acids is 1. The first-order valence-electron chi connectivity index (χ1n) is 3.95. The highest BCUT2D eigenvalue weighted by molar-refractivity contribution is 6.03. The van der Waals surface area contributed by atoms with Crippen molar-refractivity contribution >= 4 is 5.78 Å². The largest absolute Gasteiger partial charge is 0.321 e. The Morgan fingerprint density at radius 1 is 1.58 bits per heavy atom. The van der Waals surface area contributed by atoms with Gasteiger partial charge < -0.3 is 5.73 Å². The topological polar surface area (TPSA) is 56.0 Å². The van der Waals surface area contributed by atoms with Gasteiger partial charge in [0, 0.05) is 17.7 Å². The molecule has 1 aromatic rings. The molecule has 0 radical (unpaired) electrons. The van der Waals surface area contributed by atoms with Gasteiger partial charge in [0.05, 0.1) is 11.7 Å². The standard InChI is InChI=1S/C9H10N2O/c1-5-2-3-6-8(11-5)4-7(10)9(6)12/h2-3,7H,4,10H2,1H3. The molecule has 62 valence electrons. The first kappa shape index (κ1) is 7.43. The molecule has 1 heterocycles. The Morgan fingerprint density at radius 2 is 2.33 bits per heavy atom. The van der Waals surface area contributed by atoms with E-state index >= 15 is 0 Å². The van der Waals surface area contributed by atoms with Crippen molar-refractivity contribution in [2.75, 3.05) is 0 Å². The predicted octanol–water partition coefficient (Wildman–Crippen LogP) is 0.456. The Morgan fingerprint density at radius 3 is 3.08 bits per heavy atom. The fraction of sp³-hybridized carbons (Fsp3) is 0.333. The number of Topliss-reactive ketones (excluding diaryl/α,β-unsaturated/α-hetero) is 1. The smallest absolute Gasteiger partial charge is 0.181 e. The quantitative estimate of drug-likeness (QED) is 0.602. The maximum Gasteiger partial charge on any atom is 0.181 e. The summed E-state index contributed by atoms with van der Waals surface area (Å²) in [6, 6.07) is 3.29. The van der Waals surface area contributed by atoms with Crippen molar-refractivity contribution in [3.8, 4) is 0 Å². The fourth-order valence-electron chi connectivity index (χ4n) is 1.49. The van der Waals surface area contributed by atoms with Gasteiger partial charge in [0.1, 0.15) is 0 Å². The van der Waals surface area contributed by atoms with E-state index in [1.54, 1.807) is 0 Å². The van der Waals surface area contributed by atoms with Crippen LogP contribution in [-0.2, 0) is 6.42 Å². The van der Waals surface area contributed by atoms with Crippen molar-refractivity contribution in [3.05, 3.63) is 29.1 Å². The van der Waals surface area contributed by atoms with Crippen molar-refractivity contribution in [3.63, 3.8) is 0 Å². The van der Waals surface area contributed by atoms with Crippen LogP contribution in [0.15, 0.2) is 12.1 Å². The van der Waals surface area contributed by atoms with E-state index in [1.165, 1.54) is 0 Å². The average molecular weight is 162 g/mol. The summed E-state index contributed by atoms with van der Waals surface area (Å²) in [4.78, 5) is 15.6. The summed E-state index contributed by atoms with van der Waals surface area (Å²) >= 11 is 0. The molecule has 2 N–H and O–H groups in total. The number of fused-ring (bicyclic) bond motifs is 1. The summed E-state index contributed by atoms with van der Waals surface area (Å²) in [5.41, 5.74) is 8.09. The highest BCUT2D eigenvalue weighted by Crippen LogP contribution is 2.19. The van der Waals surface area contributed by atoms with Crippen molar-refractivity contribution in [1.82, 2.24) is 4.98 Å². The molecular formula is C9H10N2O. The number of aromatic nitrogens is 1. The molecule has 3 heteroatoms. The zero-order valence-electron chi connectivity index (χ0n) is 6.87. The molecule has 0 aliphatic heterocycles. The molecule has 0 fully saturated rings. The predicted molar refractivity (Wildman–Crippen MR) is 45.0 cm³/mol. The summed E-state index contributed by atoms with van der Waals surface area (Å²) in [6.07, 6.45) is 0.593. The second kappa shape index (κ2) is 2.38. The van der Waals surface area contributed by atoms with Gasteiger partial charge in [-0.05, 0) is 19.1 Å². The molecule has 0 saturated heterocycles. The number of rotatable bonds is 0. The lowest BCUT2D eigenvalue weighted by molar-refractivity contribution is 0.0974. The molecule has 12 heavy (non-hydrogen) atoms. The minimum atomic E-state index is -0.366. The van der Waals surface area contributed by atoms with E-state index in [0.717, 1.165) is 11.4 Å². The van der Waals surface area contributed by atoms with E-state index in [1.807, 2.05) is 19.1 Å². The maximum atomic E-state index is 11.3. The second-order valence-electron chi connectivity index (χ2n) is 3.12. The molecule has 0 amide bonds. The second-order valence-corrected chi connectivity index (χ2v) is 3.12. The van der Waals surface area contributed by atoms with Crippen LogP contribution in [-0.4, -0.2) is 16.8 Å². The molecule has 1 atom stereocenters. The Labute approximate surface area is 70.6 Å². The van der Waals surface area contributed by atoms with E-state index in [4.69, 9.17) is 5.73 Å². The minimum absolute atomic E-state index is 0.0255. The highest BCUT2D eigenvalue weighted by Gasteiger charge is 2.28. The van der Waals surface area contributed by atoms with Crippen LogP contribution in [0.25, 0.3) is 0 Å². The van der Waals surface area contributed by atoms with Crippen LogP contribution in [0.2, 0.25) is 0 Å². The van der Waals surface area contributed by atoms with Crippen LogP contribution in [0.5, 0.6) is 0 Å². The molecule has 0 spiro atoms. The molecule has 3 nitrogen and oxygen atoms in total. The SMILES string of the molecule is Cc1ccc2c(n1)CC(N)C2=O. The molecule has 0 aromatic carbocycles. The van der Waals surface area contributed by atoms with Crippen LogP contribution in [0.4, 0.5) is 0 Å². The van der Waals surface area contributed by atoms with E-state index < -0.39 is 0 Å². The van der Waals surface area contributed by atoms with E-state index in [0.29, 0.717) is 12.0 Å². The zero-order chi connectivity index (χ0) is 8.72. The number of aryl methyl sites for hydroxylation is 1. The third kappa shape index (κ3) is 0.940. The van der Waals surface area contributed by atoms with Gasteiger partial charge in [0.2, 0.25) is 0 Å². The van der Waals surface area contributed by atoms with Crippen molar-refractivity contribution < 1.29 is 4.79 Å². The van der Waals surface area contributed by atoms with Gasteiger partial charge in [-0.3, -0.25) is 9.78 Å². The first-order chi connectivity index (χ1) is 5.68. The van der Waals surface area contributed by atoms with Crippen LogP contribution in [0, 0.1) is 6.92 Å². The molecule has 0 bridgehead atoms. The van der Waals surface area contributed by atoms with Gasteiger partial charge in [0.25, 0.3) is 0 Å². The Balaban J connectivity index is 2.54. The number of ketones is 1. The molecule has 1 aliphatic carbocycles. The molecule has 2 rings (SSSR count). The molecular weight excluding hydrogens is 152 g/mol. The number of nitrogens with zero attached hydrogens (tertiary/aromatic N) is 1. The fourth-order valence-corrected chi connectivity index (χ4v) is 1.49. The van der Waals surface area contributed by atoms with E-state index in [-0.39, 0.29) is 11.8 Å². The first-order valence-corrected chi connectivity index (χ1v) is 3.95. The number of hydrogen-bond acceptors (Lipinski definition) is 3. The monoisotopic (exact) mass is 162 g/mol. The number of nitrogens with two attached hydrogens (primary N) is 1. The summed E-state index contributed by atoms with van der Waals surface area (Å²) in [5, 5.41) is 0. The zero-order valence-corrected chi connectivity index (χ0v) is 6.87. The maximum absolute atomic E-state index is 11.3. The van der Waals surface area contributed by atoms with Crippen LogP contribution in [0.3, 0.4) is 0 Å². The summed E-state index contributed by atoms with van der Waals surface area (Å²) in [7, 11) is 0. The van der Waals surface area contributed by atoms with Crippen molar-refractivity contribution in [2.45, 2.75) is 19.4 Å².